The molecule has 1 rings (SSSR count). The van der Waals surface area contributed by atoms with Crippen LogP contribution in [0.3, 0.4) is 0 Å². The van der Waals surface area contributed by atoms with Crippen molar-refractivity contribution in [1.82, 2.24) is 4.90 Å². The maximum absolute atomic E-state index is 12.1. The fourth-order valence-electron chi connectivity index (χ4n) is 1.74. The summed E-state index contributed by atoms with van der Waals surface area (Å²) in [5.41, 5.74) is 0.423. The quantitative estimate of drug-likeness (QED) is 0.864. The second kappa shape index (κ2) is 7.05. The molecule has 5 nitrogen and oxygen atoms in total. The highest BCUT2D eigenvalue weighted by Crippen LogP contribution is 2.13. The Balaban J connectivity index is 2.52. The lowest BCUT2D eigenvalue weighted by atomic mass is 10.1. The van der Waals surface area contributed by atoms with Crippen LogP contribution in [-0.4, -0.2) is 40.6 Å². The second-order valence-electron chi connectivity index (χ2n) is 5.52. The molecule has 0 spiro atoms. The van der Waals surface area contributed by atoms with Crippen molar-refractivity contribution >= 4 is 11.9 Å². The number of hydrogen-bond acceptors (Lipinski definition) is 3. The van der Waals surface area contributed by atoms with Gasteiger partial charge in [0.05, 0.1) is 6.61 Å². The van der Waals surface area contributed by atoms with Gasteiger partial charge in [0.25, 0.3) is 0 Å². The molecule has 0 fully saturated rings. The number of ether oxygens (including phenoxy) is 1. The Morgan fingerprint density at radius 2 is 1.80 bits per heavy atom. The summed E-state index contributed by atoms with van der Waals surface area (Å²) in [5.74, 6) is -1.35. The molecular formula is C15H21NO4. The maximum atomic E-state index is 12.1. The zero-order valence-corrected chi connectivity index (χ0v) is 12.1. The van der Waals surface area contributed by atoms with Gasteiger partial charge in [0.15, 0.2) is 0 Å². The number of amides is 1. The molecule has 0 unspecified atom stereocenters. The van der Waals surface area contributed by atoms with Crippen LogP contribution < -0.4 is 0 Å². The Labute approximate surface area is 119 Å². The van der Waals surface area contributed by atoms with E-state index in [1.54, 1.807) is 20.8 Å². The summed E-state index contributed by atoms with van der Waals surface area (Å²) in [6.45, 7) is 5.27. The van der Waals surface area contributed by atoms with Gasteiger partial charge in [-0.15, -0.1) is 0 Å². The Morgan fingerprint density at radius 1 is 1.20 bits per heavy atom. The predicted molar refractivity (Wildman–Crippen MR) is 75.2 cm³/mol. The normalized spacial score (nSPS) is 11.2. The number of aliphatic carboxylic acids is 1. The maximum Gasteiger partial charge on any atom is 0.323 e. The van der Waals surface area contributed by atoms with Crippen molar-refractivity contribution in [2.75, 3.05) is 13.2 Å². The van der Waals surface area contributed by atoms with E-state index >= 15 is 0 Å². The fraction of sp³-hybridized carbons (Fsp3) is 0.467. The summed E-state index contributed by atoms with van der Waals surface area (Å²) >= 11 is 0. The van der Waals surface area contributed by atoms with Crippen molar-refractivity contribution < 1.29 is 19.4 Å². The zero-order valence-electron chi connectivity index (χ0n) is 12.1. The average Bonchev–Trinajstić information content (AvgIpc) is 2.35. The summed E-state index contributed by atoms with van der Waals surface area (Å²) < 4.78 is 5.36. The van der Waals surface area contributed by atoms with Crippen molar-refractivity contribution in [1.29, 1.82) is 0 Å². The van der Waals surface area contributed by atoms with Crippen LogP contribution in [-0.2, 0) is 20.9 Å². The van der Waals surface area contributed by atoms with Crippen LogP contribution in [0.25, 0.3) is 0 Å². The first-order valence-electron chi connectivity index (χ1n) is 6.44. The van der Waals surface area contributed by atoms with E-state index in [-0.39, 0.29) is 19.1 Å². The Kier molecular flexibility index (Phi) is 5.70. The second-order valence-corrected chi connectivity index (χ2v) is 5.52. The van der Waals surface area contributed by atoms with Gasteiger partial charge in [-0.3, -0.25) is 9.59 Å². The number of carbonyl (C=O) groups excluding carboxylic acids is 1. The van der Waals surface area contributed by atoms with Crippen molar-refractivity contribution in [3.63, 3.8) is 0 Å². The molecule has 110 valence electrons. The van der Waals surface area contributed by atoms with E-state index < -0.39 is 11.5 Å². The van der Waals surface area contributed by atoms with E-state index in [1.165, 1.54) is 4.90 Å². The SMILES string of the molecule is CC(C)(C)N(CC(=O)O)C(=O)COCc1ccccc1. The smallest absolute Gasteiger partial charge is 0.323 e. The monoisotopic (exact) mass is 279 g/mol. The van der Waals surface area contributed by atoms with Crippen molar-refractivity contribution in [2.24, 2.45) is 0 Å². The van der Waals surface area contributed by atoms with Crippen LogP contribution in [0.2, 0.25) is 0 Å². The van der Waals surface area contributed by atoms with Gasteiger partial charge in [0, 0.05) is 5.54 Å². The van der Waals surface area contributed by atoms with E-state index in [2.05, 4.69) is 0 Å². The largest absolute Gasteiger partial charge is 0.480 e. The summed E-state index contributed by atoms with van der Waals surface area (Å²) in [6, 6.07) is 9.51. The summed E-state index contributed by atoms with van der Waals surface area (Å²) in [5, 5.41) is 8.86. The number of rotatable bonds is 6. The highest BCUT2D eigenvalue weighted by atomic mass is 16.5. The third-order valence-corrected chi connectivity index (χ3v) is 2.74. The summed E-state index contributed by atoms with van der Waals surface area (Å²) in [7, 11) is 0. The molecule has 0 aliphatic heterocycles. The minimum absolute atomic E-state index is 0.126. The third kappa shape index (κ3) is 5.40. The van der Waals surface area contributed by atoms with Crippen molar-refractivity contribution in [3.8, 4) is 0 Å². The van der Waals surface area contributed by atoms with E-state index in [9.17, 15) is 9.59 Å². The summed E-state index contributed by atoms with van der Waals surface area (Å²) in [4.78, 5) is 24.2. The topological polar surface area (TPSA) is 66.8 Å². The van der Waals surface area contributed by atoms with E-state index in [0.717, 1.165) is 5.56 Å². The molecule has 1 aromatic rings. The molecule has 0 aliphatic carbocycles. The number of carboxylic acids is 1. The van der Waals surface area contributed by atoms with E-state index in [4.69, 9.17) is 9.84 Å². The molecule has 0 aliphatic rings. The number of hydrogen-bond donors (Lipinski definition) is 1. The van der Waals surface area contributed by atoms with Crippen LogP contribution in [0.5, 0.6) is 0 Å². The molecule has 5 heteroatoms. The van der Waals surface area contributed by atoms with E-state index in [1.807, 2.05) is 30.3 Å². The Morgan fingerprint density at radius 3 is 2.30 bits per heavy atom. The van der Waals surface area contributed by atoms with Gasteiger partial charge in [0.2, 0.25) is 5.91 Å². The minimum atomic E-state index is -1.03. The van der Waals surface area contributed by atoms with Gasteiger partial charge < -0.3 is 14.7 Å². The first kappa shape index (κ1) is 16.2. The molecule has 20 heavy (non-hydrogen) atoms. The van der Waals surface area contributed by atoms with Crippen LogP contribution in [0.1, 0.15) is 26.3 Å². The van der Waals surface area contributed by atoms with Gasteiger partial charge in [0.1, 0.15) is 13.2 Å². The molecule has 1 N–H and O–H groups in total. The van der Waals surface area contributed by atoms with E-state index in [0.29, 0.717) is 6.61 Å². The molecule has 0 saturated heterocycles. The summed E-state index contributed by atoms with van der Waals surface area (Å²) in [6.07, 6.45) is 0. The highest BCUT2D eigenvalue weighted by molar-refractivity contribution is 5.82. The lowest BCUT2D eigenvalue weighted by Crippen LogP contribution is -2.49. The predicted octanol–water partition coefficient (Wildman–Crippen LogP) is 1.91. The van der Waals surface area contributed by atoms with Gasteiger partial charge in [-0.05, 0) is 26.3 Å². The molecule has 0 aromatic heterocycles. The first-order valence-corrected chi connectivity index (χ1v) is 6.44. The molecule has 1 amide bonds. The molecule has 0 bridgehead atoms. The number of nitrogens with zero attached hydrogens (tertiary/aromatic N) is 1. The van der Waals surface area contributed by atoms with Gasteiger partial charge >= 0.3 is 5.97 Å². The van der Waals surface area contributed by atoms with Gasteiger partial charge in [-0.2, -0.15) is 0 Å². The van der Waals surface area contributed by atoms with Gasteiger partial charge in [-0.25, -0.2) is 0 Å². The minimum Gasteiger partial charge on any atom is -0.480 e. The molecule has 0 atom stereocenters. The number of carboxylic acid groups (broad SMARTS) is 1. The first-order chi connectivity index (χ1) is 9.30. The fourth-order valence-corrected chi connectivity index (χ4v) is 1.74. The molecule has 0 saturated carbocycles. The zero-order chi connectivity index (χ0) is 15.2. The lowest BCUT2D eigenvalue weighted by Gasteiger charge is -2.34. The van der Waals surface area contributed by atoms with Crippen molar-refractivity contribution in [2.45, 2.75) is 32.9 Å². The highest BCUT2D eigenvalue weighted by Gasteiger charge is 2.28. The molecule has 0 radical (unpaired) electrons. The lowest BCUT2D eigenvalue weighted by molar-refractivity contribution is -0.151. The Bertz CT molecular complexity index is 451. The molecule has 1 aromatic carbocycles. The third-order valence-electron chi connectivity index (χ3n) is 2.74. The standard InChI is InChI=1S/C15H21NO4/c1-15(2,3)16(9-14(18)19)13(17)11-20-10-12-7-5-4-6-8-12/h4-8H,9-11H2,1-3H3,(H,18,19). The van der Waals surface area contributed by atoms with Gasteiger partial charge in [-0.1, -0.05) is 30.3 Å². The van der Waals surface area contributed by atoms with Crippen LogP contribution in [0.4, 0.5) is 0 Å². The molecular weight excluding hydrogens is 258 g/mol. The molecule has 0 heterocycles. The van der Waals surface area contributed by atoms with Crippen LogP contribution in [0.15, 0.2) is 30.3 Å². The number of benzene rings is 1. The average molecular weight is 279 g/mol. The van der Waals surface area contributed by atoms with Crippen LogP contribution in [0, 0.1) is 0 Å². The van der Waals surface area contributed by atoms with Crippen LogP contribution >= 0.6 is 0 Å². The van der Waals surface area contributed by atoms with Crippen molar-refractivity contribution in [3.05, 3.63) is 35.9 Å². The number of carbonyl (C=O) groups is 2. The Hall–Kier alpha value is -1.88.